The van der Waals surface area contributed by atoms with Crippen molar-refractivity contribution >= 4 is 18.1 Å². The minimum absolute atomic E-state index is 0.00377. The maximum absolute atomic E-state index is 13.6. The summed E-state index contributed by atoms with van der Waals surface area (Å²) in [6.45, 7) is -0.129. The molecular formula is C22H22F2N4O4. The summed E-state index contributed by atoms with van der Waals surface area (Å²) in [5.41, 5.74) is 0.658. The van der Waals surface area contributed by atoms with Crippen molar-refractivity contribution < 1.29 is 28.2 Å². The fourth-order valence-electron chi connectivity index (χ4n) is 3.04. The van der Waals surface area contributed by atoms with E-state index in [1.807, 2.05) is 0 Å². The van der Waals surface area contributed by atoms with Crippen molar-refractivity contribution in [2.75, 3.05) is 25.5 Å². The van der Waals surface area contributed by atoms with E-state index in [9.17, 15) is 18.4 Å². The number of nitrogens with zero attached hydrogens (tertiary/aromatic N) is 3. The monoisotopic (exact) mass is 444 g/mol. The Bertz CT molecular complexity index is 1090. The fraction of sp³-hybridized carbons (Fsp3) is 0.227. The maximum Gasteiger partial charge on any atom is 0.304 e. The summed E-state index contributed by atoms with van der Waals surface area (Å²) in [6.07, 6.45) is 0.581. The van der Waals surface area contributed by atoms with E-state index in [4.69, 9.17) is 9.84 Å². The molecule has 10 heteroatoms. The van der Waals surface area contributed by atoms with Crippen molar-refractivity contribution in [2.24, 2.45) is 0 Å². The molecule has 0 atom stereocenters. The lowest BCUT2D eigenvalue weighted by Crippen LogP contribution is -2.33. The number of carbonyl (C=O) groups is 2. The molecule has 0 fully saturated rings. The minimum atomic E-state index is -0.665. The van der Waals surface area contributed by atoms with Crippen molar-refractivity contribution in [3.8, 4) is 11.8 Å². The van der Waals surface area contributed by atoms with Gasteiger partial charge in [0.2, 0.25) is 6.41 Å². The first-order valence-electron chi connectivity index (χ1n) is 9.80. The molecule has 0 bridgehead atoms. The van der Waals surface area contributed by atoms with Crippen LogP contribution in [-0.4, -0.2) is 52.1 Å². The number of anilines is 1. The van der Waals surface area contributed by atoms with E-state index >= 15 is 0 Å². The Hall–Kier alpha value is -3.79. The van der Waals surface area contributed by atoms with Gasteiger partial charge in [-0.2, -0.15) is 4.98 Å². The molecule has 0 unspecified atom stereocenters. The summed E-state index contributed by atoms with van der Waals surface area (Å²) in [5.74, 6) is -1.30. The van der Waals surface area contributed by atoms with Crippen LogP contribution in [0.5, 0.6) is 11.8 Å². The lowest BCUT2D eigenvalue weighted by molar-refractivity contribution is -0.116. The van der Waals surface area contributed by atoms with E-state index < -0.39 is 17.5 Å². The Morgan fingerprint density at radius 1 is 1.22 bits per heavy atom. The van der Waals surface area contributed by atoms with Crippen LogP contribution in [0.15, 0.2) is 48.5 Å². The second kappa shape index (κ2) is 10.5. The molecule has 0 spiro atoms. The van der Waals surface area contributed by atoms with Gasteiger partial charge in [0.25, 0.3) is 5.91 Å². The van der Waals surface area contributed by atoms with Gasteiger partial charge in [0.05, 0.1) is 6.54 Å². The van der Waals surface area contributed by atoms with Crippen molar-refractivity contribution in [2.45, 2.75) is 13.0 Å². The molecule has 0 aliphatic heterocycles. The van der Waals surface area contributed by atoms with Crippen LogP contribution in [0.4, 0.5) is 14.6 Å². The zero-order chi connectivity index (χ0) is 23.1. The summed E-state index contributed by atoms with van der Waals surface area (Å²) in [4.78, 5) is 29.9. The number of aromatic nitrogens is 2. The van der Waals surface area contributed by atoms with Gasteiger partial charge >= 0.3 is 6.01 Å². The van der Waals surface area contributed by atoms with Gasteiger partial charge in [-0.1, -0.05) is 18.2 Å². The third-order valence-corrected chi connectivity index (χ3v) is 4.58. The number of aliphatic hydroxyl groups is 1. The van der Waals surface area contributed by atoms with E-state index in [0.29, 0.717) is 12.0 Å². The molecule has 2 aromatic carbocycles. The topological polar surface area (TPSA) is 96.7 Å². The Morgan fingerprint density at radius 2 is 1.97 bits per heavy atom. The standard InChI is InChI=1S/C22H22F2N4O4/c1-25-20-19(21(31)27(14-30)10-3-11-29)28(13-15-6-8-16(23)9-7-15)22(26-20)32-18-5-2-4-17(24)12-18/h2,4-9,12,14,25,29H,3,10-11,13H2,1H3. The number of imide groups is 1. The number of imidazole rings is 1. The van der Waals surface area contributed by atoms with Crippen LogP contribution in [0, 0.1) is 11.6 Å². The van der Waals surface area contributed by atoms with Gasteiger partial charge in [-0.05, 0) is 36.2 Å². The van der Waals surface area contributed by atoms with Gasteiger partial charge in [0.15, 0.2) is 11.5 Å². The third kappa shape index (κ3) is 5.27. The number of ether oxygens (including phenoxy) is 1. The minimum Gasteiger partial charge on any atom is -0.425 e. The summed E-state index contributed by atoms with van der Waals surface area (Å²) >= 11 is 0. The van der Waals surface area contributed by atoms with E-state index in [2.05, 4.69) is 10.3 Å². The molecule has 1 aromatic heterocycles. The SMILES string of the molecule is CNc1nc(Oc2cccc(F)c2)n(Cc2ccc(F)cc2)c1C(=O)N(C=O)CCCO. The number of hydrogen-bond donors (Lipinski definition) is 2. The lowest BCUT2D eigenvalue weighted by Gasteiger charge is -2.18. The molecule has 32 heavy (non-hydrogen) atoms. The van der Waals surface area contributed by atoms with Gasteiger partial charge in [-0.25, -0.2) is 8.78 Å². The third-order valence-electron chi connectivity index (χ3n) is 4.58. The van der Waals surface area contributed by atoms with Crippen LogP contribution in [0.1, 0.15) is 22.5 Å². The largest absolute Gasteiger partial charge is 0.425 e. The van der Waals surface area contributed by atoms with Crippen molar-refractivity contribution in [3.05, 3.63) is 71.4 Å². The average Bonchev–Trinajstić information content (AvgIpc) is 3.12. The number of carbonyl (C=O) groups excluding carboxylic acids is 2. The zero-order valence-corrected chi connectivity index (χ0v) is 17.3. The van der Waals surface area contributed by atoms with E-state index in [-0.39, 0.29) is 49.4 Å². The second-order valence-electron chi connectivity index (χ2n) is 6.79. The van der Waals surface area contributed by atoms with Crippen LogP contribution in [0.25, 0.3) is 0 Å². The highest BCUT2D eigenvalue weighted by atomic mass is 19.1. The second-order valence-corrected chi connectivity index (χ2v) is 6.79. The highest BCUT2D eigenvalue weighted by Gasteiger charge is 2.28. The molecular weight excluding hydrogens is 422 g/mol. The van der Waals surface area contributed by atoms with Gasteiger partial charge in [0, 0.05) is 26.3 Å². The quantitative estimate of drug-likeness (QED) is 0.467. The highest BCUT2D eigenvalue weighted by Crippen LogP contribution is 2.29. The van der Waals surface area contributed by atoms with Crippen molar-refractivity contribution in [3.63, 3.8) is 0 Å². The maximum atomic E-state index is 13.6. The van der Waals surface area contributed by atoms with Crippen LogP contribution < -0.4 is 10.1 Å². The van der Waals surface area contributed by atoms with E-state index in [0.717, 1.165) is 11.0 Å². The fourth-order valence-corrected chi connectivity index (χ4v) is 3.04. The molecule has 0 saturated heterocycles. The zero-order valence-electron chi connectivity index (χ0n) is 17.3. The average molecular weight is 444 g/mol. The van der Waals surface area contributed by atoms with E-state index in [1.54, 1.807) is 7.05 Å². The molecule has 0 radical (unpaired) electrons. The van der Waals surface area contributed by atoms with Gasteiger partial charge < -0.3 is 15.2 Å². The Balaban J connectivity index is 2.08. The Kier molecular flexibility index (Phi) is 7.50. The number of hydrogen-bond acceptors (Lipinski definition) is 6. The van der Waals surface area contributed by atoms with E-state index in [1.165, 1.54) is 47.0 Å². The number of rotatable bonds is 10. The molecule has 1 heterocycles. The number of amides is 2. The molecule has 2 N–H and O–H groups in total. The number of nitrogens with one attached hydrogen (secondary N) is 1. The molecule has 2 amide bonds. The molecule has 0 aliphatic rings. The first kappa shape index (κ1) is 22.9. The normalized spacial score (nSPS) is 10.6. The Labute approximate surface area is 183 Å². The summed E-state index contributed by atoms with van der Waals surface area (Å²) in [5, 5.41) is 11.9. The molecule has 8 nitrogen and oxygen atoms in total. The number of halogens is 2. The van der Waals surface area contributed by atoms with Crippen LogP contribution in [0.3, 0.4) is 0 Å². The summed E-state index contributed by atoms with van der Waals surface area (Å²) in [6, 6.07) is 11.0. The van der Waals surface area contributed by atoms with Crippen molar-refractivity contribution in [1.29, 1.82) is 0 Å². The molecule has 168 valence electrons. The van der Waals surface area contributed by atoms with Gasteiger partial charge in [-0.15, -0.1) is 0 Å². The number of aliphatic hydroxyl groups excluding tert-OH is 1. The number of benzene rings is 2. The Morgan fingerprint density at radius 3 is 2.59 bits per heavy atom. The summed E-state index contributed by atoms with van der Waals surface area (Å²) < 4.78 is 34.2. The lowest BCUT2D eigenvalue weighted by atomic mass is 10.2. The van der Waals surface area contributed by atoms with Gasteiger partial charge in [-0.3, -0.25) is 19.1 Å². The summed E-state index contributed by atoms with van der Waals surface area (Å²) in [7, 11) is 1.55. The molecule has 0 aliphatic carbocycles. The molecule has 3 aromatic rings. The first-order valence-corrected chi connectivity index (χ1v) is 9.80. The van der Waals surface area contributed by atoms with Crippen LogP contribution >= 0.6 is 0 Å². The smallest absolute Gasteiger partial charge is 0.304 e. The molecule has 0 saturated carbocycles. The van der Waals surface area contributed by atoms with Crippen molar-refractivity contribution in [1.82, 2.24) is 14.5 Å². The highest BCUT2D eigenvalue weighted by molar-refractivity contribution is 6.02. The first-order chi connectivity index (χ1) is 15.5. The predicted octanol–water partition coefficient (Wildman–Crippen LogP) is 3.02. The van der Waals surface area contributed by atoms with Crippen LogP contribution in [-0.2, 0) is 11.3 Å². The molecule has 3 rings (SSSR count). The van der Waals surface area contributed by atoms with Crippen LogP contribution in [0.2, 0.25) is 0 Å². The predicted molar refractivity (Wildman–Crippen MR) is 113 cm³/mol. The van der Waals surface area contributed by atoms with Gasteiger partial charge in [0.1, 0.15) is 17.4 Å².